The number of likely N-dealkylation sites (N-methyl/N-ethyl adjacent to an activating group) is 1. The van der Waals surface area contributed by atoms with Crippen LogP contribution in [0.1, 0.15) is 12.8 Å². The van der Waals surface area contributed by atoms with E-state index in [0.717, 1.165) is 79.8 Å². The third-order valence-electron chi connectivity index (χ3n) is 6.74. The van der Waals surface area contributed by atoms with Gasteiger partial charge in [0.25, 0.3) is 0 Å². The van der Waals surface area contributed by atoms with Crippen molar-refractivity contribution in [2.45, 2.75) is 18.9 Å². The highest BCUT2D eigenvalue weighted by Crippen LogP contribution is 2.33. The summed E-state index contributed by atoms with van der Waals surface area (Å²) in [4.78, 5) is 25.8. The van der Waals surface area contributed by atoms with Gasteiger partial charge in [0.05, 0.1) is 31.7 Å². The Bertz CT molecular complexity index is 1200. The van der Waals surface area contributed by atoms with Gasteiger partial charge in [0.15, 0.2) is 0 Å². The number of morpholine rings is 1. The number of nitrogens with one attached hydrogen (secondary N) is 2. The second kappa shape index (κ2) is 10.8. The molecule has 0 aliphatic carbocycles. The molecule has 36 heavy (non-hydrogen) atoms. The van der Waals surface area contributed by atoms with Gasteiger partial charge in [-0.1, -0.05) is 12.1 Å². The highest BCUT2D eigenvalue weighted by Gasteiger charge is 2.30. The van der Waals surface area contributed by atoms with E-state index in [4.69, 9.17) is 14.5 Å². The maximum absolute atomic E-state index is 12.2. The minimum atomic E-state index is -0.109. The van der Waals surface area contributed by atoms with Crippen LogP contribution in [0.3, 0.4) is 0 Å². The average molecular weight is 489 g/mol. The molecule has 2 aromatic carbocycles. The zero-order valence-corrected chi connectivity index (χ0v) is 20.7. The van der Waals surface area contributed by atoms with Gasteiger partial charge < -0.3 is 29.9 Å². The fraction of sp³-hybridized carbons (Fsp3) is 0.370. The van der Waals surface area contributed by atoms with Crippen LogP contribution in [0.5, 0.6) is 5.75 Å². The highest BCUT2D eigenvalue weighted by molar-refractivity contribution is 5.85. The molecule has 2 saturated heterocycles. The van der Waals surface area contributed by atoms with Crippen molar-refractivity contribution in [3.8, 4) is 17.0 Å². The number of hydrogen-bond donors (Lipinski definition) is 2. The first-order valence-corrected chi connectivity index (χ1v) is 12.4. The summed E-state index contributed by atoms with van der Waals surface area (Å²) < 4.78 is 11.1. The number of anilines is 4. The van der Waals surface area contributed by atoms with Crippen LogP contribution < -0.4 is 25.2 Å². The number of carbonyl (C=O) groups is 1. The summed E-state index contributed by atoms with van der Waals surface area (Å²) in [6.45, 7) is 4.01. The number of hydrogen-bond acceptors (Lipinski definition) is 8. The monoisotopic (exact) mass is 488 g/mol. The van der Waals surface area contributed by atoms with Crippen molar-refractivity contribution in [3.05, 3.63) is 54.7 Å². The number of aromatic nitrogens is 2. The van der Waals surface area contributed by atoms with Gasteiger partial charge in [-0.05, 0) is 43.2 Å². The van der Waals surface area contributed by atoms with Gasteiger partial charge in [-0.3, -0.25) is 4.79 Å². The lowest BCUT2D eigenvalue weighted by atomic mass is 10.1. The largest absolute Gasteiger partial charge is 0.495 e. The molecule has 0 radical (unpaired) electrons. The standard InChI is InChI=1S/C27H32N6O3/c1-28-26(34)24-4-3-13-33(24)21-8-5-19(6-9-21)22-11-12-29-27(31-22)30-20-7-10-23(25(18-20)35-2)32-14-16-36-17-15-32/h5-12,18,24H,3-4,13-17H2,1-2H3,(H,28,34)(H,29,30,31)/t24-/m1/s1. The Morgan fingerprint density at radius 3 is 2.64 bits per heavy atom. The first kappa shape index (κ1) is 23.9. The molecule has 188 valence electrons. The van der Waals surface area contributed by atoms with E-state index < -0.39 is 0 Å². The van der Waals surface area contributed by atoms with Gasteiger partial charge in [-0.2, -0.15) is 0 Å². The molecule has 3 aromatic rings. The quantitative estimate of drug-likeness (QED) is 0.523. The molecule has 2 aliphatic heterocycles. The number of rotatable bonds is 7. The van der Waals surface area contributed by atoms with Crippen molar-refractivity contribution in [2.24, 2.45) is 0 Å². The molecular formula is C27H32N6O3. The lowest BCUT2D eigenvalue weighted by Gasteiger charge is -2.30. The molecule has 3 heterocycles. The van der Waals surface area contributed by atoms with Crippen LogP contribution in [0, 0.1) is 0 Å². The van der Waals surface area contributed by atoms with Crippen molar-refractivity contribution in [1.29, 1.82) is 0 Å². The van der Waals surface area contributed by atoms with Crippen LogP contribution in [0.2, 0.25) is 0 Å². The molecule has 9 nitrogen and oxygen atoms in total. The molecule has 1 aromatic heterocycles. The fourth-order valence-corrected chi connectivity index (χ4v) is 4.87. The minimum absolute atomic E-state index is 0.0673. The molecule has 0 saturated carbocycles. The van der Waals surface area contributed by atoms with Crippen LogP contribution in [0.25, 0.3) is 11.3 Å². The molecule has 0 spiro atoms. The number of benzene rings is 2. The molecule has 9 heteroatoms. The van der Waals surface area contributed by atoms with Gasteiger partial charge in [0.1, 0.15) is 11.8 Å². The smallest absolute Gasteiger partial charge is 0.242 e. The molecule has 2 N–H and O–H groups in total. The third-order valence-corrected chi connectivity index (χ3v) is 6.74. The first-order valence-electron chi connectivity index (χ1n) is 12.4. The van der Waals surface area contributed by atoms with E-state index in [0.29, 0.717) is 5.95 Å². The number of nitrogens with zero attached hydrogens (tertiary/aromatic N) is 4. The zero-order chi connectivity index (χ0) is 24.9. The summed E-state index contributed by atoms with van der Waals surface area (Å²) >= 11 is 0. The first-order chi connectivity index (χ1) is 17.7. The van der Waals surface area contributed by atoms with Crippen LogP contribution in [-0.2, 0) is 9.53 Å². The molecule has 1 atom stereocenters. The summed E-state index contributed by atoms with van der Waals surface area (Å²) in [5.74, 6) is 1.38. The van der Waals surface area contributed by atoms with Gasteiger partial charge in [-0.25, -0.2) is 9.97 Å². The van der Waals surface area contributed by atoms with Gasteiger partial charge in [0, 0.05) is 55.9 Å². The Morgan fingerprint density at radius 1 is 1.08 bits per heavy atom. The van der Waals surface area contributed by atoms with E-state index in [9.17, 15) is 4.79 Å². The average Bonchev–Trinajstić information content (AvgIpc) is 3.43. The molecule has 0 unspecified atom stereocenters. The van der Waals surface area contributed by atoms with Crippen LogP contribution in [-0.4, -0.2) is 68.9 Å². The highest BCUT2D eigenvalue weighted by atomic mass is 16.5. The maximum atomic E-state index is 12.2. The van der Waals surface area contributed by atoms with E-state index in [1.54, 1.807) is 20.4 Å². The lowest BCUT2D eigenvalue weighted by molar-refractivity contribution is -0.121. The molecule has 2 fully saturated rings. The number of amides is 1. The predicted octanol–water partition coefficient (Wildman–Crippen LogP) is 3.45. The number of methoxy groups -OCH3 is 1. The van der Waals surface area contributed by atoms with Gasteiger partial charge in [0.2, 0.25) is 11.9 Å². The van der Waals surface area contributed by atoms with Crippen molar-refractivity contribution in [1.82, 2.24) is 15.3 Å². The molecule has 0 bridgehead atoms. The predicted molar refractivity (Wildman–Crippen MR) is 141 cm³/mol. The zero-order valence-electron chi connectivity index (χ0n) is 20.7. The van der Waals surface area contributed by atoms with Crippen LogP contribution >= 0.6 is 0 Å². The Kier molecular flexibility index (Phi) is 7.18. The van der Waals surface area contributed by atoms with Crippen molar-refractivity contribution < 1.29 is 14.3 Å². The maximum Gasteiger partial charge on any atom is 0.242 e. The molecular weight excluding hydrogens is 456 g/mol. The molecule has 2 aliphatic rings. The van der Waals surface area contributed by atoms with E-state index >= 15 is 0 Å². The normalized spacial score (nSPS) is 17.7. The Labute approximate surface area is 211 Å². The third kappa shape index (κ3) is 5.06. The SMILES string of the molecule is CNC(=O)[C@H]1CCCN1c1ccc(-c2ccnc(Nc3ccc(N4CCOCC4)c(OC)c3)n2)cc1. The molecule has 5 rings (SSSR count). The summed E-state index contributed by atoms with van der Waals surface area (Å²) in [5, 5.41) is 6.08. The Balaban J connectivity index is 1.31. The van der Waals surface area contributed by atoms with E-state index in [1.165, 1.54) is 0 Å². The second-order valence-corrected chi connectivity index (χ2v) is 8.89. The van der Waals surface area contributed by atoms with Gasteiger partial charge in [-0.15, -0.1) is 0 Å². The summed E-state index contributed by atoms with van der Waals surface area (Å²) in [7, 11) is 3.38. The van der Waals surface area contributed by atoms with E-state index in [2.05, 4.69) is 43.6 Å². The number of carbonyl (C=O) groups excluding carboxylic acids is 1. The summed E-state index contributed by atoms with van der Waals surface area (Å²) in [6.07, 6.45) is 3.64. The van der Waals surface area contributed by atoms with Crippen LogP contribution in [0.4, 0.5) is 23.0 Å². The van der Waals surface area contributed by atoms with Crippen molar-refractivity contribution >= 4 is 28.9 Å². The van der Waals surface area contributed by atoms with E-state index in [-0.39, 0.29) is 11.9 Å². The van der Waals surface area contributed by atoms with E-state index in [1.807, 2.05) is 30.3 Å². The fourth-order valence-electron chi connectivity index (χ4n) is 4.87. The van der Waals surface area contributed by atoms with Gasteiger partial charge >= 0.3 is 0 Å². The minimum Gasteiger partial charge on any atom is -0.495 e. The van der Waals surface area contributed by atoms with Crippen molar-refractivity contribution in [2.75, 3.05) is 62.1 Å². The Hall–Kier alpha value is -3.85. The topological polar surface area (TPSA) is 91.9 Å². The summed E-state index contributed by atoms with van der Waals surface area (Å²) in [6, 6.07) is 16.0. The number of ether oxygens (including phenoxy) is 2. The summed E-state index contributed by atoms with van der Waals surface area (Å²) in [5.41, 5.74) is 4.76. The lowest BCUT2D eigenvalue weighted by Crippen LogP contribution is -2.41. The second-order valence-electron chi connectivity index (χ2n) is 8.89. The van der Waals surface area contributed by atoms with Crippen molar-refractivity contribution in [3.63, 3.8) is 0 Å². The Morgan fingerprint density at radius 2 is 1.89 bits per heavy atom. The molecule has 1 amide bonds. The van der Waals surface area contributed by atoms with Crippen LogP contribution in [0.15, 0.2) is 54.7 Å².